The van der Waals surface area contributed by atoms with Crippen molar-refractivity contribution in [3.8, 4) is 5.75 Å². The Bertz CT molecular complexity index is 584. The molecule has 1 unspecified atom stereocenters. The summed E-state index contributed by atoms with van der Waals surface area (Å²) < 4.78 is 11.9. The molecule has 0 spiro atoms. The maximum atomic E-state index is 5.47. The largest absolute Gasteiger partial charge is 0.497 e. The van der Waals surface area contributed by atoms with E-state index in [0.29, 0.717) is 6.10 Å². The van der Waals surface area contributed by atoms with Crippen molar-refractivity contribution >= 4 is 21.6 Å². The van der Waals surface area contributed by atoms with Crippen LogP contribution in [0.2, 0.25) is 0 Å². The molecule has 2 heterocycles. The summed E-state index contributed by atoms with van der Waals surface area (Å²) in [6.07, 6.45) is 2.75. The molecule has 1 aliphatic rings. The van der Waals surface area contributed by atoms with E-state index in [2.05, 4.69) is 11.0 Å². The molecule has 1 fully saturated rings. The minimum absolute atomic E-state index is 0.373. The molecular weight excluding hydrogens is 272 g/mol. The number of hydrogen-bond donors (Lipinski definition) is 0. The molecule has 2 aromatic rings. The monoisotopic (exact) mass is 292 g/mol. The van der Waals surface area contributed by atoms with Crippen LogP contribution in [-0.2, 0) is 11.3 Å². The summed E-state index contributed by atoms with van der Waals surface area (Å²) in [7, 11) is 3.50. The third-order valence-corrected chi connectivity index (χ3v) is 4.80. The lowest BCUT2D eigenvalue weighted by atomic mass is 10.1. The van der Waals surface area contributed by atoms with Crippen molar-refractivity contribution in [2.45, 2.75) is 25.5 Å². The quantitative estimate of drug-likeness (QED) is 0.868. The zero-order valence-corrected chi connectivity index (χ0v) is 12.8. The number of ether oxygens (including phenoxy) is 2. The van der Waals surface area contributed by atoms with E-state index in [1.165, 1.54) is 22.5 Å². The van der Waals surface area contributed by atoms with Gasteiger partial charge in [-0.3, -0.25) is 4.90 Å². The van der Waals surface area contributed by atoms with Crippen molar-refractivity contribution in [1.82, 2.24) is 9.88 Å². The second-order valence-electron chi connectivity index (χ2n) is 5.18. The Morgan fingerprint density at radius 2 is 2.30 bits per heavy atom. The van der Waals surface area contributed by atoms with Crippen LogP contribution in [0.3, 0.4) is 0 Å². The van der Waals surface area contributed by atoms with E-state index < -0.39 is 0 Å². The highest BCUT2D eigenvalue weighted by Gasteiger charge is 2.20. The Morgan fingerprint density at radius 3 is 3.10 bits per heavy atom. The number of fused-ring (bicyclic) bond motifs is 1. The van der Waals surface area contributed by atoms with E-state index in [9.17, 15) is 0 Å². The first-order chi connectivity index (χ1) is 9.78. The van der Waals surface area contributed by atoms with Crippen molar-refractivity contribution in [3.05, 3.63) is 23.2 Å². The summed E-state index contributed by atoms with van der Waals surface area (Å²) in [5.74, 6) is 0.894. The predicted octanol–water partition coefficient (Wildman–Crippen LogP) is 2.92. The average Bonchev–Trinajstić information content (AvgIpc) is 2.88. The van der Waals surface area contributed by atoms with Gasteiger partial charge in [0.15, 0.2) is 0 Å². The maximum absolute atomic E-state index is 5.47. The third kappa shape index (κ3) is 2.95. The zero-order chi connectivity index (χ0) is 13.9. The molecular formula is C15H20N2O2S. The number of benzene rings is 1. The van der Waals surface area contributed by atoms with Gasteiger partial charge in [-0.25, -0.2) is 4.98 Å². The highest BCUT2D eigenvalue weighted by molar-refractivity contribution is 7.18. The predicted molar refractivity (Wildman–Crippen MR) is 81.5 cm³/mol. The number of aromatic nitrogens is 1. The second-order valence-corrected chi connectivity index (χ2v) is 6.29. The minimum Gasteiger partial charge on any atom is -0.497 e. The van der Waals surface area contributed by atoms with E-state index in [-0.39, 0.29) is 0 Å². The van der Waals surface area contributed by atoms with E-state index in [4.69, 9.17) is 14.5 Å². The Labute approximate surface area is 123 Å². The molecule has 0 N–H and O–H groups in total. The van der Waals surface area contributed by atoms with Crippen LogP contribution in [-0.4, -0.2) is 43.3 Å². The van der Waals surface area contributed by atoms with Gasteiger partial charge >= 0.3 is 0 Å². The summed E-state index contributed by atoms with van der Waals surface area (Å²) in [4.78, 5) is 7.15. The van der Waals surface area contributed by atoms with Crippen LogP contribution in [0.1, 0.15) is 17.8 Å². The van der Waals surface area contributed by atoms with Gasteiger partial charge in [-0.05, 0) is 37.6 Å². The number of methoxy groups -OCH3 is 2. The van der Waals surface area contributed by atoms with Gasteiger partial charge in [-0.2, -0.15) is 0 Å². The summed E-state index contributed by atoms with van der Waals surface area (Å²) in [5.41, 5.74) is 1.06. The highest BCUT2D eigenvalue weighted by atomic mass is 32.1. The highest BCUT2D eigenvalue weighted by Crippen LogP contribution is 2.27. The number of likely N-dealkylation sites (tertiary alicyclic amines) is 1. The van der Waals surface area contributed by atoms with Crippen LogP contribution >= 0.6 is 11.3 Å². The van der Waals surface area contributed by atoms with Gasteiger partial charge in [0, 0.05) is 13.7 Å². The maximum Gasteiger partial charge on any atom is 0.120 e. The zero-order valence-electron chi connectivity index (χ0n) is 12.0. The standard InChI is InChI=1S/C15H20N2O2S/c1-18-11-5-6-13-14(8-11)20-15(16-13)10-17-7-3-4-12(9-17)19-2/h5-6,8,12H,3-4,7,9-10H2,1-2H3. The minimum atomic E-state index is 0.373. The second kappa shape index (κ2) is 6.08. The number of hydrogen-bond acceptors (Lipinski definition) is 5. The fraction of sp³-hybridized carbons (Fsp3) is 0.533. The molecule has 4 nitrogen and oxygen atoms in total. The van der Waals surface area contributed by atoms with E-state index in [0.717, 1.165) is 30.9 Å². The topological polar surface area (TPSA) is 34.6 Å². The molecule has 0 radical (unpaired) electrons. The van der Waals surface area contributed by atoms with Gasteiger partial charge in [-0.1, -0.05) is 0 Å². The van der Waals surface area contributed by atoms with Crippen LogP contribution in [0, 0.1) is 0 Å². The van der Waals surface area contributed by atoms with Gasteiger partial charge in [0.1, 0.15) is 10.8 Å². The van der Waals surface area contributed by atoms with Crippen LogP contribution in [0.15, 0.2) is 18.2 Å². The Hall–Kier alpha value is -1.17. The number of rotatable bonds is 4. The molecule has 1 aromatic heterocycles. The van der Waals surface area contributed by atoms with Gasteiger partial charge in [0.2, 0.25) is 0 Å². The van der Waals surface area contributed by atoms with Gasteiger partial charge in [0.25, 0.3) is 0 Å². The van der Waals surface area contributed by atoms with Crippen LogP contribution in [0.5, 0.6) is 5.75 Å². The summed E-state index contributed by atoms with van der Waals surface area (Å²) >= 11 is 1.76. The molecule has 1 saturated heterocycles. The van der Waals surface area contributed by atoms with Crippen molar-refractivity contribution in [2.24, 2.45) is 0 Å². The molecule has 3 rings (SSSR count). The fourth-order valence-electron chi connectivity index (χ4n) is 2.69. The van der Waals surface area contributed by atoms with Crippen molar-refractivity contribution in [2.75, 3.05) is 27.3 Å². The molecule has 0 saturated carbocycles. The summed E-state index contributed by atoms with van der Waals surface area (Å²) in [6, 6.07) is 6.06. The molecule has 108 valence electrons. The smallest absolute Gasteiger partial charge is 0.120 e. The number of nitrogens with zero attached hydrogens (tertiary/aromatic N) is 2. The third-order valence-electron chi connectivity index (χ3n) is 3.79. The van der Waals surface area contributed by atoms with Crippen molar-refractivity contribution in [3.63, 3.8) is 0 Å². The number of thiazole rings is 1. The lowest BCUT2D eigenvalue weighted by Gasteiger charge is -2.31. The van der Waals surface area contributed by atoms with Gasteiger partial charge < -0.3 is 9.47 Å². The first-order valence-electron chi connectivity index (χ1n) is 6.97. The molecule has 0 bridgehead atoms. The van der Waals surface area contributed by atoms with E-state index in [1.807, 2.05) is 12.1 Å². The first-order valence-corrected chi connectivity index (χ1v) is 7.79. The first kappa shape index (κ1) is 13.8. The molecule has 0 amide bonds. The molecule has 1 aliphatic heterocycles. The van der Waals surface area contributed by atoms with Crippen LogP contribution in [0.25, 0.3) is 10.2 Å². The molecule has 1 atom stereocenters. The normalized spacial score (nSPS) is 20.4. The molecule has 20 heavy (non-hydrogen) atoms. The Kier molecular flexibility index (Phi) is 4.19. The molecule has 1 aromatic carbocycles. The van der Waals surface area contributed by atoms with E-state index in [1.54, 1.807) is 25.6 Å². The van der Waals surface area contributed by atoms with Crippen LogP contribution < -0.4 is 4.74 Å². The van der Waals surface area contributed by atoms with Gasteiger partial charge in [-0.15, -0.1) is 11.3 Å². The lowest BCUT2D eigenvalue weighted by molar-refractivity contribution is 0.0285. The van der Waals surface area contributed by atoms with Crippen LogP contribution in [0.4, 0.5) is 0 Å². The molecule has 5 heteroatoms. The van der Waals surface area contributed by atoms with Crippen molar-refractivity contribution < 1.29 is 9.47 Å². The van der Waals surface area contributed by atoms with Crippen molar-refractivity contribution in [1.29, 1.82) is 0 Å². The molecule has 0 aliphatic carbocycles. The SMILES string of the molecule is COc1ccc2nc(CN3CCCC(OC)C3)sc2c1. The number of piperidine rings is 1. The lowest BCUT2D eigenvalue weighted by Crippen LogP contribution is -2.38. The van der Waals surface area contributed by atoms with Gasteiger partial charge in [0.05, 0.1) is 30.0 Å². The summed E-state index contributed by atoms with van der Waals surface area (Å²) in [6.45, 7) is 3.07. The fourth-order valence-corrected chi connectivity index (χ4v) is 3.73. The summed E-state index contributed by atoms with van der Waals surface area (Å²) in [5, 5.41) is 1.17. The Balaban J connectivity index is 1.74. The Morgan fingerprint density at radius 1 is 1.40 bits per heavy atom. The average molecular weight is 292 g/mol. The van der Waals surface area contributed by atoms with E-state index >= 15 is 0 Å².